The first kappa shape index (κ1) is 18.8. The molecule has 28 heavy (non-hydrogen) atoms. The number of benzene rings is 2. The lowest BCUT2D eigenvalue weighted by Crippen LogP contribution is -1.96. The van der Waals surface area contributed by atoms with Crippen LogP contribution in [0.2, 0.25) is 0 Å². The summed E-state index contributed by atoms with van der Waals surface area (Å²) in [6, 6.07) is 13.2. The number of nitro benzene ring substituents is 1. The fourth-order valence-corrected chi connectivity index (χ4v) is 2.47. The smallest absolute Gasteiger partial charge is 0.338 e. The summed E-state index contributed by atoms with van der Waals surface area (Å²) in [5, 5.41) is 25.3. The van der Waals surface area contributed by atoms with Gasteiger partial charge in [0.05, 0.1) is 9.85 Å². The van der Waals surface area contributed by atoms with Crippen molar-refractivity contribution in [3.63, 3.8) is 0 Å². The van der Waals surface area contributed by atoms with Gasteiger partial charge in [-0.15, -0.1) is 0 Å². The van der Waals surface area contributed by atoms with Gasteiger partial charge in [0.1, 0.15) is 12.4 Å². The molecule has 0 aliphatic carbocycles. The minimum atomic E-state index is -0.533. The van der Waals surface area contributed by atoms with Crippen molar-refractivity contribution in [3.05, 3.63) is 91.3 Å². The zero-order valence-electron chi connectivity index (χ0n) is 14.8. The number of ether oxygens (including phenoxy) is 1. The highest BCUT2D eigenvalue weighted by Crippen LogP contribution is 2.25. The molecule has 0 spiro atoms. The Labute approximate surface area is 159 Å². The molecule has 2 aromatic carbocycles. The van der Waals surface area contributed by atoms with Crippen LogP contribution in [0.3, 0.4) is 0 Å². The van der Waals surface area contributed by atoms with Crippen molar-refractivity contribution in [1.29, 1.82) is 0 Å². The maximum Gasteiger partial charge on any atom is 0.338 e. The van der Waals surface area contributed by atoms with Crippen LogP contribution in [0, 0.1) is 27.2 Å². The van der Waals surface area contributed by atoms with E-state index in [1.165, 1.54) is 25.1 Å². The van der Waals surface area contributed by atoms with E-state index in [0.29, 0.717) is 5.75 Å². The highest BCUT2D eigenvalue weighted by molar-refractivity contribution is 5.72. The standard InChI is InChI=1S/C19H15N3O6/c1-13-19(22(25)26)18(28-20-13)10-7-14-3-2-4-17(11-14)27-12-15-5-8-16(9-6-15)21(23)24/h2-11H,12H2,1H3/b10-7-. The van der Waals surface area contributed by atoms with Crippen LogP contribution in [0.1, 0.15) is 22.6 Å². The average Bonchev–Trinajstić information content (AvgIpc) is 3.06. The molecule has 0 aliphatic heterocycles. The SMILES string of the molecule is Cc1noc(/C=C\c2cccc(OCc3ccc([N+](=O)[O-])cc3)c2)c1[N+](=O)[O-]. The van der Waals surface area contributed by atoms with Gasteiger partial charge < -0.3 is 9.26 Å². The van der Waals surface area contributed by atoms with Gasteiger partial charge in [-0.1, -0.05) is 23.4 Å². The fourth-order valence-electron chi connectivity index (χ4n) is 2.47. The summed E-state index contributed by atoms with van der Waals surface area (Å²) in [6.45, 7) is 1.75. The Hall–Kier alpha value is -4.01. The van der Waals surface area contributed by atoms with Gasteiger partial charge in [0.2, 0.25) is 5.76 Å². The Balaban J connectivity index is 1.69. The van der Waals surface area contributed by atoms with Crippen molar-refractivity contribution in [2.45, 2.75) is 13.5 Å². The fraction of sp³-hybridized carbons (Fsp3) is 0.105. The number of hydrogen-bond donors (Lipinski definition) is 0. The molecule has 0 bridgehead atoms. The molecule has 0 atom stereocenters. The highest BCUT2D eigenvalue weighted by Gasteiger charge is 2.21. The summed E-state index contributed by atoms with van der Waals surface area (Å²) in [7, 11) is 0. The molecule has 1 heterocycles. The molecule has 0 fully saturated rings. The Kier molecular flexibility index (Phi) is 5.45. The summed E-state index contributed by atoms with van der Waals surface area (Å²) in [5.41, 5.74) is 1.61. The minimum Gasteiger partial charge on any atom is -0.489 e. The largest absolute Gasteiger partial charge is 0.489 e. The molecule has 0 saturated carbocycles. The lowest BCUT2D eigenvalue weighted by atomic mass is 10.2. The van der Waals surface area contributed by atoms with E-state index in [2.05, 4.69) is 5.16 Å². The van der Waals surface area contributed by atoms with Gasteiger partial charge in [0, 0.05) is 12.1 Å². The summed E-state index contributed by atoms with van der Waals surface area (Å²) >= 11 is 0. The van der Waals surface area contributed by atoms with Gasteiger partial charge in [0.15, 0.2) is 5.69 Å². The van der Waals surface area contributed by atoms with E-state index in [1.807, 2.05) is 6.07 Å². The quantitative estimate of drug-likeness (QED) is 0.434. The first-order valence-electron chi connectivity index (χ1n) is 8.19. The second-order valence-electron chi connectivity index (χ2n) is 5.86. The molecular weight excluding hydrogens is 366 g/mol. The van der Waals surface area contributed by atoms with Crippen LogP contribution >= 0.6 is 0 Å². The van der Waals surface area contributed by atoms with E-state index in [0.717, 1.165) is 11.1 Å². The van der Waals surface area contributed by atoms with Gasteiger partial charge in [0.25, 0.3) is 5.69 Å². The van der Waals surface area contributed by atoms with Crippen LogP contribution in [0.5, 0.6) is 5.75 Å². The van der Waals surface area contributed by atoms with Gasteiger partial charge in [-0.05, 0) is 48.4 Å². The molecule has 3 aromatic rings. The Morgan fingerprint density at radius 3 is 2.50 bits per heavy atom. The average molecular weight is 381 g/mol. The van der Waals surface area contributed by atoms with Crippen molar-refractivity contribution in [1.82, 2.24) is 5.16 Å². The van der Waals surface area contributed by atoms with Crippen LogP contribution in [-0.2, 0) is 6.61 Å². The van der Waals surface area contributed by atoms with Crippen LogP contribution < -0.4 is 4.74 Å². The molecule has 3 rings (SSSR count). The molecule has 0 amide bonds. The van der Waals surface area contributed by atoms with Gasteiger partial charge in [-0.3, -0.25) is 20.2 Å². The first-order valence-corrected chi connectivity index (χ1v) is 8.19. The van der Waals surface area contributed by atoms with E-state index in [1.54, 1.807) is 36.4 Å². The molecule has 0 unspecified atom stereocenters. The topological polar surface area (TPSA) is 122 Å². The third-order valence-electron chi connectivity index (χ3n) is 3.88. The van der Waals surface area contributed by atoms with Gasteiger partial charge >= 0.3 is 5.69 Å². The molecule has 142 valence electrons. The van der Waals surface area contributed by atoms with Crippen molar-refractivity contribution >= 4 is 23.5 Å². The summed E-state index contributed by atoms with van der Waals surface area (Å²) in [5.74, 6) is 0.656. The number of nitrogens with zero attached hydrogens (tertiary/aromatic N) is 3. The summed E-state index contributed by atoms with van der Waals surface area (Å²) < 4.78 is 10.7. The normalized spacial score (nSPS) is 10.9. The number of nitro groups is 2. The van der Waals surface area contributed by atoms with Crippen LogP contribution in [0.25, 0.3) is 12.2 Å². The maximum absolute atomic E-state index is 11.1. The third-order valence-corrected chi connectivity index (χ3v) is 3.88. The predicted molar refractivity (Wildman–Crippen MR) is 101 cm³/mol. The van der Waals surface area contributed by atoms with Crippen LogP contribution in [0.15, 0.2) is 53.1 Å². The van der Waals surface area contributed by atoms with Gasteiger partial charge in [-0.2, -0.15) is 0 Å². The number of aryl methyl sites for hydroxylation is 1. The molecule has 0 radical (unpaired) electrons. The molecule has 9 heteroatoms. The Morgan fingerprint density at radius 1 is 1.07 bits per heavy atom. The zero-order valence-corrected chi connectivity index (χ0v) is 14.8. The molecule has 0 aliphatic rings. The molecule has 9 nitrogen and oxygen atoms in total. The second-order valence-corrected chi connectivity index (χ2v) is 5.86. The lowest BCUT2D eigenvalue weighted by Gasteiger charge is -2.07. The molecular formula is C19H15N3O6. The van der Waals surface area contributed by atoms with Crippen LogP contribution in [-0.4, -0.2) is 15.0 Å². The van der Waals surface area contributed by atoms with Crippen molar-refractivity contribution in [2.75, 3.05) is 0 Å². The van der Waals surface area contributed by atoms with Crippen LogP contribution in [0.4, 0.5) is 11.4 Å². The number of rotatable bonds is 7. The predicted octanol–water partition coefficient (Wildman–Crippen LogP) is 4.55. The monoisotopic (exact) mass is 381 g/mol. The summed E-state index contributed by atoms with van der Waals surface area (Å²) in [4.78, 5) is 20.7. The van der Waals surface area contributed by atoms with E-state index in [-0.39, 0.29) is 29.4 Å². The highest BCUT2D eigenvalue weighted by atomic mass is 16.6. The number of non-ortho nitro benzene ring substituents is 1. The molecule has 0 N–H and O–H groups in total. The van der Waals surface area contributed by atoms with E-state index >= 15 is 0 Å². The third kappa shape index (κ3) is 4.39. The van der Waals surface area contributed by atoms with E-state index in [9.17, 15) is 20.2 Å². The Bertz CT molecular complexity index is 1040. The van der Waals surface area contributed by atoms with Crippen molar-refractivity contribution in [3.8, 4) is 5.75 Å². The lowest BCUT2D eigenvalue weighted by molar-refractivity contribution is -0.386. The van der Waals surface area contributed by atoms with E-state index in [4.69, 9.17) is 9.26 Å². The zero-order chi connectivity index (χ0) is 20.1. The minimum absolute atomic E-state index is 0.0210. The Morgan fingerprint density at radius 2 is 1.82 bits per heavy atom. The first-order chi connectivity index (χ1) is 13.4. The molecule has 1 aromatic heterocycles. The van der Waals surface area contributed by atoms with Crippen molar-refractivity contribution < 1.29 is 19.1 Å². The molecule has 0 saturated heterocycles. The van der Waals surface area contributed by atoms with E-state index < -0.39 is 9.85 Å². The number of aromatic nitrogens is 1. The number of hydrogen-bond acceptors (Lipinski definition) is 7. The maximum atomic E-state index is 11.1. The summed E-state index contributed by atoms with van der Waals surface area (Å²) in [6.07, 6.45) is 3.14. The second kappa shape index (κ2) is 8.12. The van der Waals surface area contributed by atoms with Crippen molar-refractivity contribution in [2.24, 2.45) is 0 Å². The van der Waals surface area contributed by atoms with Gasteiger partial charge in [-0.25, -0.2) is 0 Å².